The molecular formula is C11H23ClN2O. The highest BCUT2D eigenvalue weighted by Gasteiger charge is 2.32. The Bertz CT molecular complexity index is 183. The van der Waals surface area contributed by atoms with E-state index in [2.05, 4.69) is 24.5 Å². The molecule has 0 amide bonds. The Hall–Kier alpha value is 0.170. The molecule has 2 aliphatic heterocycles. The topological polar surface area (TPSA) is 33.3 Å². The Kier molecular flexibility index (Phi) is 4.84. The average molecular weight is 235 g/mol. The number of rotatable bonds is 1. The molecule has 4 heteroatoms. The summed E-state index contributed by atoms with van der Waals surface area (Å²) in [6.45, 7) is 8.78. The van der Waals surface area contributed by atoms with Gasteiger partial charge in [-0.2, -0.15) is 0 Å². The predicted molar refractivity (Wildman–Crippen MR) is 64.4 cm³/mol. The van der Waals surface area contributed by atoms with Gasteiger partial charge in [0.25, 0.3) is 0 Å². The Balaban J connectivity index is 0.00000112. The van der Waals surface area contributed by atoms with Crippen molar-refractivity contribution in [2.75, 3.05) is 26.2 Å². The Morgan fingerprint density at radius 2 is 1.87 bits per heavy atom. The zero-order valence-corrected chi connectivity index (χ0v) is 10.5. The van der Waals surface area contributed by atoms with Crippen molar-refractivity contribution in [3.05, 3.63) is 0 Å². The lowest BCUT2D eigenvalue weighted by Crippen LogP contribution is -2.52. The van der Waals surface area contributed by atoms with Crippen LogP contribution in [0.3, 0.4) is 0 Å². The molecule has 2 N–H and O–H groups in total. The van der Waals surface area contributed by atoms with Gasteiger partial charge in [-0.25, -0.2) is 0 Å². The number of hydrogen-bond donors (Lipinski definition) is 2. The van der Waals surface area contributed by atoms with Crippen molar-refractivity contribution in [2.24, 2.45) is 11.3 Å². The molecule has 0 aromatic rings. The summed E-state index contributed by atoms with van der Waals surface area (Å²) in [7, 11) is 0. The van der Waals surface area contributed by atoms with Crippen molar-refractivity contribution >= 4 is 12.4 Å². The number of nitrogens with one attached hydrogen (secondary N) is 2. The van der Waals surface area contributed by atoms with Crippen molar-refractivity contribution in [3.8, 4) is 0 Å². The zero-order valence-electron chi connectivity index (χ0n) is 9.71. The third-order valence-electron chi connectivity index (χ3n) is 3.25. The van der Waals surface area contributed by atoms with E-state index in [1.807, 2.05) is 0 Å². The van der Waals surface area contributed by atoms with Gasteiger partial charge in [0.05, 0.1) is 6.61 Å². The van der Waals surface area contributed by atoms with Crippen molar-refractivity contribution in [2.45, 2.75) is 32.9 Å². The van der Waals surface area contributed by atoms with Crippen LogP contribution < -0.4 is 10.6 Å². The van der Waals surface area contributed by atoms with Crippen molar-refractivity contribution in [1.29, 1.82) is 0 Å². The van der Waals surface area contributed by atoms with Crippen LogP contribution in [0.5, 0.6) is 0 Å². The maximum Gasteiger partial charge on any atom is 0.111 e. The number of hydrogen-bond acceptors (Lipinski definition) is 3. The van der Waals surface area contributed by atoms with Crippen LogP contribution in [0, 0.1) is 11.3 Å². The van der Waals surface area contributed by atoms with Gasteiger partial charge >= 0.3 is 0 Å². The van der Waals surface area contributed by atoms with Crippen LogP contribution in [0.2, 0.25) is 0 Å². The summed E-state index contributed by atoms with van der Waals surface area (Å²) in [5, 5.41) is 6.92. The molecule has 0 bridgehead atoms. The molecule has 0 aromatic heterocycles. The highest BCUT2D eigenvalue weighted by molar-refractivity contribution is 5.85. The lowest BCUT2D eigenvalue weighted by atomic mass is 9.90. The smallest absolute Gasteiger partial charge is 0.111 e. The van der Waals surface area contributed by atoms with Gasteiger partial charge in [-0.15, -0.1) is 12.4 Å². The molecule has 2 fully saturated rings. The summed E-state index contributed by atoms with van der Waals surface area (Å²) in [5.41, 5.74) is 0.309. The highest BCUT2D eigenvalue weighted by atomic mass is 35.5. The SMILES string of the molecule is CC1(C)CNC(C2CCNCC2)OC1.Cl. The monoisotopic (exact) mass is 234 g/mol. The number of ether oxygens (including phenoxy) is 1. The fourth-order valence-corrected chi connectivity index (χ4v) is 2.25. The molecule has 15 heavy (non-hydrogen) atoms. The van der Waals surface area contributed by atoms with Gasteiger partial charge in [0, 0.05) is 17.9 Å². The minimum Gasteiger partial charge on any atom is -0.362 e. The number of piperidine rings is 1. The fraction of sp³-hybridized carbons (Fsp3) is 1.00. The van der Waals surface area contributed by atoms with E-state index < -0.39 is 0 Å². The minimum atomic E-state index is 0. The van der Waals surface area contributed by atoms with Gasteiger partial charge in [0.15, 0.2) is 0 Å². The molecule has 1 atom stereocenters. The molecule has 0 aromatic carbocycles. The maximum atomic E-state index is 5.89. The molecule has 2 saturated heterocycles. The van der Waals surface area contributed by atoms with Crippen LogP contribution in [0.25, 0.3) is 0 Å². The van der Waals surface area contributed by atoms with E-state index in [0.29, 0.717) is 17.6 Å². The van der Waals surface area contributed by atoms with E-state index >= 15 is 0 Å². The van der Waals surface area contributed by atoms with Gasteiger partial charge in [-0.3, -0.25) is 5.32 Å². The van der Waals surface area contributed by atoms with Crippen molar-refractivity contribution < 1.29 is 4.74 Å². The van der Waals surface area contributed by atoms with E-state index in [9.17, 15) is 0 Å². The largest absolute Gasteiger partial charge is 0.362 e. The lowest BCUT2D eigenvalue weighted by molar-refractivity contribution is -0.0898. The van der Waals surface area contributed by atoms with Crippen LogP contribution >= 0.6 is 12.4 Å². The molecule has 2 aliphatic rings. The average Bonchev–Trinajstić information content (AvgIpc) is 2.19. The Morgan fingerprint density at radius 3 is 2.40 bits per heavy atom. The first-order valence-electron chi connectivity index (χ1n) is 5.73. The lowest BCUT2D eigenvalue weighted by Gasteiger charge is -2.40. The van der Waals surface area contributed by atoms with Crippen LogP contribution in [-0.4, -0.2) is 32.5 Å². The second-order valence-electron chi connectivity index (χ2n) is 5.36. The maximum absolute atomic E-state index is 5.89. The number of halogens is 1. The molecule has 0 spiro atoms. The summed E-state index contributed by atoms with van der Waals surface area (Å²) in [4.78, 5) is 0. The minimum absolute atomic E-state index is 0. The van der Waals surface area contributed by atoms with E-state index in [0.717, 1.165) is 26.2 Å². The van der Waals surface area contributed by atoms with Crippen LogP contribution in [-0.2, 0) is 4.74 Å². The Labute approximate surface area is 98.7 Å². The van der Waals surface area contributed by atoms with Crippen LogP contribution in [0.1, 0.15) is 26.7 Å². The van der Waals surface area contributed by atoms with Gasteiger partial charge < -0.3 is 10.1 Å². The Morgan fingerprint density at radius 1 is 1.20 bits per heavy atom. The standard InChI is InChI=1S/C11H22N2O.ClH/c1-11(2)7-13-10(14-8-11)9-3-5-12-6-4-9;/h9-10,12-13H,3-8H2,1-2H3;1H. The normalized spacial score (nSPS) is 32.0. The van der Waals surface area contributed by atoms with Gasteiger partial charge in [0.2, 0.25) is 0 Å². The van der Waals surface area contributed by atoms with Crippen LogP contribution in [0.4, 0.5) is 0 Å². The summed E-state index contributed by atoms with van der Waals surface area (Å²) in [6.07, 6.45) is 2.81. The molecule has 2 rings (SSSR count). The van der Waals surface area contributed by atoms with E-state index in [1.165, 1.54) is 12.8 Å². The molecule has 0 saturated carbocycles. The summed E-state index contributed by atoms with van der Waals surface area (Å²) >= 11 is 0. The zero-order chi connectivity index (χ0) is 10.0. The predicted octanol–water partition coefficient (Wildman–Crippen LogP) is 1.38. The third kappa shape index (κ3) is 3.59. The third-order valence-corrected chi connectivity index (χ3v) is 3.25. The summed E-state index contributed by atoms with van der Waals surface area (Å²) in [6, 6.07) is 0. The van der Waals surface area contributed by atoms with Gasteiger partial charge in [-0.1, -0.05) is 13.8 Å². The van der Waals surface area contributed by atoms with Crippen molar-refractivity contribution in [3.63, 3.8) is 0 Å². The fourth-order valence-electron chi connectivity index (χ4n) is 2.25. The second-order valence-corrected chi connectivity index (χ2v) is 5.36. The molecule has 0 aliphatic carbocycles. The molecule has 1 unspecified atom stereocenters. The van der Waals surface area contributed by atoms with E-state index in [1.54, 1.807) is 0 Å². The first-order valence-corrected chi connectivity index (χ1v) is 5.73. The molecule has 90 valence electrons. The highest BCUT2D eigenvalue weighted by Crippen LogP contribution is 2.25. The van der Waals surface area contributed by atoms with Crippen molar-refractivity contribution in [1.82, 2.24) is 10.6 Å². The van der Waals surface area contributed by atoms with Gasteiger partial charge in [0.1, 0.15) is 6.23 Å². The second kappa shape index (κ2) is 5.48. The summed E-state index contributed by atoms with van der Waals surface area (Å²) < 4.78 is 5.89. The molecular weight excluding hydrogens is 212 g/mol. The first-order chi connectivity index (χ1) is 6.67. The van der Waals surface area contributed by atoms with E-state index in [-0.39, 0.29) is 12.4 Å². The first kappa shape index (κ1) is 13.2. The quantitative estimate of drug-likeness (QED) is 0.719. The van der Waals surface area contributed by atoms with Gasteiger partial charge in [-0.05, 0) is 25.9 Å². The van der Waals surface area contributed by atoms with E-state index in [4.69, 9.17) is 4.74 Å². The van der Waals surface area contributed by atoms with Crippen LogP contribution in [0.15, 0.2) is 0 Å². The summed E-state index contributed by atoms with van der Waals surface area (Å²) in [5.74, 6) is 0.715. The molecule has 0 radical (unpaired) electrons. The molecule has 3 nitrogen and oxygen atoms in total. The molecule has 2 heterocycles.